The lowest BCUT2D eigenvalue weighted by Gasteiger charge is -2.21. The molecule has 2 amide bonds. The summed E-state index contributed by atoms with van der Waals surface area (Å²) in [7, 11) is 1.58. The summed E-state index contributed by atoms with van der Waals surface area (Å²) in [5, 5.41) is 5.66. The molecule has 0 spiro atoms. The molecule has 0 aliphatic heterocycles. The Kier molecular flexibility index (Phi) is 6.07. The standard InChI is InChI=1S/C19H25N3O2/c1-5-22(6-2)16-10-8-15(9-11-16)20-19(23)21-17-13-14(3)7-12-18(17)24-4/h7-13H,5-6H2,1-4H3,(H2,20,21,23). The lowest BCUT2D eigenvalue weighted by Crippen LogP contribution is -2.22. The zero-order valence-corrected chi connectivity index (χ0v) is 14.7. The summed E-state index contributed by atoms with van der Waals surface area (Å²) in [5.74, 6) is 0.632. The van der Waals surface area contributed by atoms with Gasteiger partial charge in [0.2, 0.25) is 0 Å². The van der Waals surface area contributed by atoms with E-state index in [-0.39, 0.29) is 6.03 Å². The van der Waals surface area contributed by atoms with Gasteiger partial charge < -0.3 is 20.3 Å². The fraction of sp³-hybridized carbons (Fsp3) is 0.316. The average molecular weight is 327 g/mol. The van der Waals surface area contributed by atoms with Crippen LogP contribution in [0.5, 0.6) is 5.75 Å². The Morgan fingerprint density at radius 3 is 2.29 bits per heavy atom. The first-order chi connectivity index (χ1) is 11.6. The minimum atomic E-state index is -0.297. The van der Waals surface area contributed by atoms with Gasteiger partial charge in [-0.25, -0.2) is 4.79 Å². The zero-order chi connectivity index (χ0) is 17.5. The summed E-state index contributed by atoms with van der Waals surface area (Å²) >= 11 is 0. The maximum atomic E-state index is 12.2. The van der Waals surface area contributed by atoms with Gasteiger partial charge in [-0.15, -0.1) is 0 Å². The number of nitrogens with one attached hydrogen (secondary N) is 2. The molecule has 0 saturated carbocycles. The smallest absolute Gasteiger partial charge is 0.323 e. The molecule has 24 heavy (non-hydrogen) atoms. The number of ether oxygens (including phenoxy) is 1. The van der Waals surface area contributed by atoms with E-state index in [9.17, 15) is 4.79 Å². The van der Waals surface area contributed by atoms with Crippen LogP contribution in [0.4, 0.5) is 21.9 Å². The van der Waals surface area contributed by atoms with Crippen molar-refractivity contribution in [2.75, 3.05) is 35.7 Å². The Balaban J connectivity index is 2.04. The lowest BCUT2D eigenvalue weighted by molar-refractivity contribution is 0.262. The second-order valence-corrected chi connectivity index (χ2v) is 5.50. The molecule has 5 nitrogen and oxygen atoms in total. The Bertz CT molecular complexity index is 680. The molecule has 0 fully saturated rings. The van der Waals surface area contributed by atoms with Gasteiger partial charge in [0.25, 0.3) is 0 Å². The molecule has 0 aliphatic rings. The molecule has 2 aromatic rings. The van der Waals surface area contributed by atoms with E-state index >= 15 is 0 Å². The van der Waals surface area contributed by atoms with Crippen molar-refractivity contribution in [2.24, 2.45) is 0 Å². The first-order valence-corrected chi connectivity index (χ1v) is 8.15. The molecule has 0 bridgehead atoms. The Morgan fingerprint density at radius 1 is 1.04 bits per heavy atom. The molecule has 0 heterocycles. The number of benzene rings is 2. The first-order valence-electron chi connectivity index (χ1n) is 8.15. The number of carbonyl (C=O) groups excluding carboxylic acids is 1. The summed E-state index contributed by atoms with van der Waals surface area (Å²) in [4.78, 5) is 14.5. The number of amides is 2. The van der Waals surface area contributed by atoms with Gasteiger partial charge in [-0.05, 0) is 62.7 Å². The van der Waals surface area contributed by atoms with Gasteiger partial charge in [-0.3, -0.25) is 0 Å². The third-order valence-corrected chi connectivity index (χ3v) is 3.86. The topological polar surface area (TPSA) is 53.6 Å². The Hall–Kier alpha value is -2.69. The van der Waals surface area contributed by atoms with Crippen LogP contribution in [0.15, 0.2) is 42.5 Å². The average Bonchev–Trinajstić information content (AvgIpc) is 2.57. The molecule has 2 aromatic carbocycles. The predicted molar refractivity (Wildman–Crippen MR) is 100 cm³/mol. The van der Waals surface area contributed by atoms with Crippen LogP contribution in [-0.4, -0.2) is 26.2 Å². The molecule has 2 N–H and O–H groups in total. The number of hydrogen-bond acceptors (Lipinski definition) is 3. The van der Waals surface area contributed by atoms with Crippen LogP contribution in [-0.2, 0) is 0 Å². The van der Waals surface area contributed by atoms with Crippen LogP contribution < -0.4 is 20.3 Å². The second-order valence-electron chi connectivity index (χ2n) is 5.50. The highest BCUT2D eigenvalue weighted by Gasteiger charge is 2.08. The normalized spacial score (nSPS) is 10.2. The number of anilines is 3. The SMILES string of the molecule is CCN(CC)c1ccc(NC(=O)Nc2cc(C)ccc2OC)cc1. The van der Waals surface area contributed by atoms with Crippen LogP contribution in [0.3, 0.4) is 0 Å². The van der Waals surface area contributed by atoms with E-state index in [4.69, 9.17) is 4.74 Å². The molecular weight excluding hydrogens is 302 g/mol. The minimum absolute atomic E-state index is 0.297. The number of nitrogens with zero attached hydrogens (tertiary/aromatic N) is 1. The van der Waals surface area contributed by atoms with Gasteiger partial charge in [0, 0.05) is 24.5 Å². The van der Waals surface area contributed by atoms with Crippen LogP contribution in [0.25, 0.3) is 0 Å². The van der Waals surface area contributed by atoms with Crippen molar-refractivity contribution in [3.8, 4) is 5.75 Å². The van der Waals surface area contributed by atoms with Crippen LogP contribution in [0, 0.1) is 6.92 Å². The van der Waals surface area contributed by atoms with Crippen molar-refractivity contribution in [1.29, 1.82) is 0 Å². The summed E-state index contributed by atoms with van der Waals surface area (Å²) < 4.78 is 5.27. The quantitative estimate of drug-likeness (QED) is 0.821. The van der Waals surface area contributed by atoms with Gasteiger partial charge in [0.1, 0.15) is 5.75 Å². The highest BCUT2D eigenvalue weighted by Crippen LogP contribution is 2.25. The number of urea groups is 1. The summed E-state index contributed by atoms with van der Waals surface area (Å²) in [6.45, 7) is 8.12. The summed E-state index contributed by atoms with van der Waals surface area (Å²) in [5.41, 5.74) is 3.59. The number of hydrogen-bond donors (Lipinski definition) is 2. The third-order valence-electron chi connectivity index (χ3n) is 3.86. The molecule has 0 unspecified atom stereocenters. The van der Waals surface area contributed by atoms with Gasteiger partial charge >= 0.3 is 6.03 Å². The molecular formula is C19H25N3O2. The third kappa shape index (κ3) is 4.41. The fourth-order valence-electron chi connectivity index (χ4n) is 2.55. The van der Waals surface area contributed by atoms with E-state index in [1.807, 2.05) is 49.4 Å². The van der Waals surface area contributed by atoms with Crippen molar-refractivity contribution >= 4 is 23.1 Å². The van der Waals surface area contributed by atoms with Crippen molar-refractivity contribution < 1.29 is 9.53 Å². The molecule has 5 heteroatoms. The molecule has 128 valence electrons. The molecule has 0 saturated heterocycles. The van der Waals surface area contributed by atoms with Gasteiger partial charge in [-0.1, -0.05) is 6.07 Å². The van der Waals surface area contributed by atoms with Gasteiger partial charge in [-0.2, -0.15) is 0 Å². The number of methoxy groups -OCH3 is 1. The monoisotopic (exact) mass is 327 g/mol. The second kappa shape index (κ2) is 8.24. The maximum absolute atomic E-state index is 12.2. The van der Waals surface area contributed by atoms with E-state index in [0.717, 1.165) is 30.0 Å². The zero-order valence-electron chi connectivity index (χ0n) is 14.7. The fourth-order valence-corrected chi connectivity index (χ4v) is 2.55. The van der Waals surface area contributed by atoms with Crippen molar-refractivity contribution in [1.82, 2.24) is 0 Å². The Morgan fingerprint density at radius 2 is 1.71 bits per heavy atom. The Labute approximate surface area is 143 Å². The van der Waals surface area contributed by atoms with E-state index in [0.29, 0.717) is 11.4 Å². The predicted octanol–water partition coefficient (Wildman–Crippen LogP) is 4.49. The largest absolute Gasteiger partial charge is 0.495 e. The molecule has 0 atom stereocenters. The van der Waals surface area contributed by atoms with Crippen molar-refractivity contribution in [3.63, 3.8) is 0 Å². The molecule has 0 radical (unpaired) electrons. The van der Waals surface area contributed by atoms with Gasteiger partial charge in [0.05, 0.1) is 12.8 Å². The van der Waals surface area contributed by atoms with Crippen LogP contribution >= 0.6 is 0 Å². The summed E-state index contributed by atoms with van der Waals surface area (Å²) in [6, 6.07) is 13.2. The lowest BCUT2D eigenvalue weighted by atomic mass is 10.2. The highest BCUT2D eigenvalue weighted by molar-refractivity contribution is 6.00. The van der Waals surface area contributed by atoms with E-state index in [1.165, 1.54) is 0 Å². The number of carbonyl (C=O) groups is 1. The van der Waals surface area contributed by atoms with E-state index < -0.39 is 0 Å². The molecule has 0 aliphatic carbocycles. The number of rotatable bonds is 6. The minimum Gasteiger partial charge on any atom is -0.495 e. The molecule has 2 rings (SSSR count). The maximum Gasteiger partial charge on any atom is 0.323 e. The van der Waals surface area contributed by atoms with E-state index in [2.05, 4.69) is 29.4 Å². The van der Waals surface area contributed by atoms with Crippen LogP contribution in [0.1, 0.15) is 19.4 Å². The van der Waals surface area contributed by atoms with Crippen LogP contribution in [0.2, 0.25) is 0 Å². The first kappa shape index (κ1) is 17.7. The van der Waals surface area contributed by atoms with Crippen molar-refractivity contribution in [2.45, 2.75) is 20.8 Å². The van der Waals surface area contributed by atoms with E-state index in [1.54, 1.807) is 7.11 Å². The van der Waals surface area contributed by atoms with Gasteiger partial charge in [0.15, 0.2) is 0 Å². The molecule has 0 aromatic heterocycles. The highest BCUT2D eigenvalue weighted by atomic mass is 16.5. The van der Waals surface area contributed by atoms with Crippen molar-refractivity contribution in [3.05, 3.63) is 48.0 Å². The summed E-state index contributed by atoms with van der Waals surface area (Å²) in [6.07, 6.45) is 0. The number of aryl methyl sites for hydroxylation is 1.